The number of aromatic nitrogens is 1. The highest BCUT2D eigenvalue weighted by Crippen LogP contribution is 2.39. The first-order valence-corrected chi connectivity index (χ1v) is 15.9. The van der Waals surface area contributed by atoms with E-state index < -0.39 is 25.6 Å². The molecule has 0 amide bonds. The summed E-state index contributed by atoms with van der Waals surface area (Å²) in [5.41, 5.74) is 0.339. The van der Waals surface area contributed by atoms with Gasteiger partial charge in [0.1, 0.15) is 11.4 Å². The third-order valence-corrected chi connectivity index (χ3v) is 10.4. The minimum absolute atomic E-state index is 0.299. The number of unbranched alkanes of at least 4 members (excludes halogenated alkanes) is 3. The number of ether oxygens (including phenoxy) is 1. The van der Waals surface area contributed by atoms with Crippen LogP contribution < -0.4 is 26.2 Å². The molecule has 1 saturated heterocycles. The monoisotopic (exact) mass is 561 g/mol. The molecule has 0 spiro atoms. The molecule has 10 nitrogen and oxygen atoms in total. The van der Waals surface area contributed by atoms with Gasteiger partial charge in [-0.05, 0) is 50.8 Å². The number of sulfonamides is 1. The van der Waals surface area contributed by atoms with E-state index in [-0.39, 0.29) is 0 Å². The number of morpholine rings is 1. The number of pyridine rings is 1. The molecule has 11 heteroatoms. The molecule has 4 rings (SSSR count). The molecule has 0 atom stereocenters. The molecule has 2 aliphatic rings. The van der Waals surface area contributed by atoms with E-state index in [9.17, 15) is 18.0 Å². The Bertz CT molecular complexity index is 1200. The lowest BCUT2D eigenvalue weighted by molar-refractivity contribution is 0.0376. The number of hydrogen-bond acceptors (Lipinski definition) is 9. The molecule has 2 fully saturated rings. The lowest BCUT2D eigenvalue weighted by Gasteiger charge is -2.37. The maximum atomic E-state index is 13.4. The van der Waals surface area contributed by atoms with Gasteiger partial charge in [-0.15, -0.1) is 0 Å². The fourth-order valence-corrected chi connectivity index (χ4v) is 7.69. The van der Waals surface area contributed by atoms with Gasteiger partial charge in [-0.1, -0.05) is 38.5 Å². The van der Waals surface area contributed by atoms with E-state index in [0.29, 0.717) is 36.6 Å². The van der Waals surface area contributed by atoms with Crippen LogP contribution in [0.2, 0.25) is 0 Å². The predicted octanol–water partition coefficient (Wildman–Crippen LogP) is 3.13. The van der Waals surface area contributed by atoms with Gasteiger partial charge in [0.15, 0.2) is 0 Å². The molecule has 0 bridgehead atoms. The predicted molar refractivity (Wildman–Crippen MR) is 155 cm³/mol. The maximum absolute atomic E-state index is 13.4. The van der Waals surface area contributed by atoms with Crippen LogP contribution in [0.1, 0.15) is 70.6 Å². The molecule has 0 unspecified atom stereocenters. The lowest BCUT2D eigenvalue weighted by Crippen LogP contribution is -2.48. The number of nitrogens with zero attached hydrogens (tertiary/aromatic N) is 2. The first-order chi connectivity index (χ1) is 18.9. The van der Waals surface area contributed by atoms with Crippen LogP contribution in [0.25, 0.3) is 0 Å². The third-order valence-electron chi connectivity index (χ3n) is 8.10. The molecule has 2 aromatic rings. The average molecular weight is 562 g/mol. The van der Waals surface area contributed by atoms with E-state index in [1.54, 1.807) is 24.5 Å². The van der Waals surface area contributed by atoms with Crippen molar-refractivity contribution in [2.45, 2.75) is 75.4 Å². The Hall–Kier alpha value is -2.34. The van der Waals surface area contributed by atoms with E-state index in [4.69, 9.17) is 4.74 Å². The molecule has 1 aliphatic carbocycles. The van der Waals surface area contributed by atoms with Crippen molar-refractivity contribution in [3.05, 3.63) is 45.0 Å². The minimum Gasteiger partial charge on any atom is -0.380 e. The third kappa shape index (κ3) is 7.87. The second-order valence-corrected chi connectivity index (χ2v) is 13.0. The van der Waals surface area contributed by atoms with Crippen molar-refractivity contribution in [1.29, 1.82) is 0 Å². The summed E-state index contributed by atoms with van der Waals surface area (Å²) in [6.07, 6.45) is 12.8. The van der Waals surface area contributed by atoms with Crippen molar-refractivity contribution in [1.82, 2.24) is 14.6 Å². The number of hydrogen-bond donors (Lipinski definition) is 3. The second kappa shape index (κ2) is 14.3. The van der Waals surface area contributed by atoms with Crippen LogP contribution in [0.5, 0.6) is 0 Å². The van der Waals surface area contributed by atoms with Gasteiger partial charge in [0, 0.05) is 44.3 Å². The smallest absolute Gasteiger partial charge is 0.253 e. The van der Waals surface area contributed by atoms with Gasteiger partial charge in [0.2, 0.25) is 10.0 Å². The van der Waals surface area contributed by atoms with Gasteiger partial charge in [-0.3, -0.25) is 19.5 Å². The zero-order valence-corrected chi connectivity index (χ0v) is 23.7. The van der Waals surface area contributed by atoms with Crippen LogP contribution in [0.15, 0.2) is 34.1 Å². The molecule has 2 heterocycles. The first kappa shape index (κ1) is 29.6. The molecule has 1 aliphatic heterocycles. The molecule has 1 saturated carbocycles. The van der Waals surface area contributed by atoms with E-state index in [1.807, 2.05) is 0 Å². The molecule has 3 N–H and O–H groups in total. The summed E-state index contributed by atoms with van der Waals surface area (Å²) in [5.74, 6) is 0. The average Bonchev–Trinajstić information content (AvgIpc) is 2.97. The Labute approximate surface area is 231 Å². The standard InChI is InChI=1S/C28H43N5O5S/c34-26-24(25(27(26)35)32-23-9-16-29-17-10-23)30-14-7-2-1-4-11-28(12-5-3-6-13-28)39(36,37)31-15-8-18-33-19-21-38-22-20-33/h9-10,16-17,30-31H,1-8,11-15,18-22H2,(H,29,32). The van der Waals surface area contributed by atoms with Crippen molar-refractivity contribution in [3.63, 3.8) is 0 Å². The summed E-state index contributed by atoms with van der Waals surface area (Å²) < 4.78 is 34.5. The van der Waals surface area contributed by atoms with Crippen molar-refractivity contribution < 1.29 is 13.2 Å². The zero-order chi connectivity index (χ0) is 27.6. The summed E-state index contributed by atoms with van der Waals surface area (Å²) >= 11 is 0. The van der Waals surface area contributed by atoms with Crippen LogP contribution in [-0.4, -0.2) is 69.0 Å². The van der Waals surface area contributed by atoms with Gasteiger partial charge < -0.3 is 15.4 Å². The highest BCUT2D eigenvalue weighted by atomic mass is 32.2. The maximum Gasteiger partial charge on any atom is 0.253 e. The minimum atomic E-state index is -3.39. The Morgan fingerprint density at radius 3 is 2.31 bits per heavy atom. The van der Waals surface area contributed by atoms with E-state index >= 15 is 0 Å². The summed E-state index contributed by atoms with van der Waals surface area (Å²) in [7, 11) is -3.39. The first-order valence-electron chi connectivity index (χ1n) is 14.5. The van der Waals surface area contributed by atoms with Crippen molar-refractivity contribution >= 4 is 27.1 Å². The quantitative estimate of drug-likeness (QED) is 0.209. The van der Waals surface area contributed by atoms with Gasteiger partial charge in [0.25, 0.3) is 10.9 Å². The summed E-state index contributed by atoms with van der Waals surface area (Å²) in [6.45, 7) is 5.32. The normalized spacial score (nSPS) is 18.3. The van der Waals surface area contributed by atoms with E-state index in [1.165, 1.54) is 0 Å². The fraction of sp³-hybridized carbons (Fsp3) is 0.679. The zero-order valence-electron chi connectivity index (χ0n) is 22.9. The van der Waals surface area contributed by atoms with Crippen molar-refractivity contribution in [2.75, 3.05) is 56.6 Å². The topological polar surface area (TPSA) is 130 Å². The summed E-state index contributed by atoms with van der Waals surface area (Å²) in [6, 6.07) is 3.47. The second-order valence-electron chi connectivity index (χ2n) is 10.8. The van der Waals surface area contributed by atoms with Gasteiger partial charge in [-0.2, -0.15) is 0 Å². The van der Waals surface area contributed by atoms with Crippen LogP contribution in [0.3, 0.4) is 0 Å². The molecular formula is C28H43N5O5S. The molecule has 1 aromatic heterocycles. The molecule has 216 valence electrons. The SMILES string of the molecule is O=c1c(NCCCCCCC2(S(=O)(=O)NCCCN3CCOCC3)CCCCC2)c(Nc2ccncc2)c1=O. The van der Waals surface area contributed by atoms with E-state index in [0.717, 1.165) is 97.1 Å². The summed E-state index contributed by atoms with van der Waals surface area (Å²) in [4.78, 5) is 30.3. The van der Waals surface area contributed by atoms with Crippen LogP contribution in [-0.2, 0) is 14.8 Å². The highest BCUT2D eigenvalue weighted by Gasteiger charge is 2.43. The number of anilines is 3. The Morgan fingerprint density at radius 2 is 1.56 bits per heavy atom. The lowest BCUT2D eigenvalue weighted by atomic mass is 9.84. The van der Waals surface area contributed by atoms with Crippen LogP contribution >= 0.6 is 0 Å². The number of rotatable bonds is 16. The Morgan fingerprint density at radius 1 is 0.872 bits per heavy atom. The highest BCUT2D eigenvalue weighted by molar-refractivity contribution is 7.90. The molecule has 0 radical (unpaired) electrons. The molecule has 39 heavy (non-hydrogen) atoms. The van der Waals surface area contributed by atoms with Gasteiger partial charge in [0.05, 0.1) is 18.0 Å². The van der Waals surface area contributed by atoms with E-state index in [2.05, 4.69) is 25.2 Å². The Kier molecular flexibility index (Phi) is 10.9. The summed E-state index contributed by atoms with van der Waals surface area (Å²) in [5, 5.41) is 6.10. The Balaban J connectivity index is 1.17. The van der Waals surface area contributed by atoms with Gasteiger partial charge >= 0.3 is 0 Å². The van der Waals surface area contributed by atoms with Crippen LogP contribution in [0.4, 0.5) is 17.1 Å². The molecular weight excluding hydrogens is 518 g/mol. The van der Waals surface area contributed by atoms with Gasteiger partial charge in [-0.25, -0.2) is 13.1 Å². The largest absolute Gasteiger partial charge is 0.380 e. The fourth-order valence-electron chi connectivity index (χ4n) is 5.73. The number of nitrogens with one attached hydrogen (secondary N) is 3. The van der Waals surface area contributed by atoms with Crippen molar-refractivity contribution in [2.24, 2.45) is 0 Å². The van der Waals surface area contributed by atoms with Crippen LogP contribution in [0, 0.1) is 0 Å². The molecule has 1 aromatic carbocycles. The van der Waals surface area contributed by atoms with Crippen molar-refractivity contribution in [3.8, 4) is 0 Å².